The highest BCUT2D eigenvalue weighted by Gasteiger charge is 1.99. The molecule has 0 heterocycles. The summed E-state index contributed by atoms with van der Waals surface area (Å²) >= 11 is 1.47. The Morgan fingerprint density at radius 2 is 1.60 bits per heavy atom. The quantitative estimate of drug-likeness (QED) is 0.407. The summed E-state index contributed by atoms with van der Waals surface area (Å²) in [5.41, 5.74) is 1.62. The summed E-state index contributed by atoms with van der Waals surface area (Å²) in [7, 11) is 0. The topological polar surface area (TPSA) is 17.1 Å². The van der Waals surface area contributed by atoms with E-state index in [1.54, 1.807) is 12.5 Å². The van der Waals surface area contributed by atoms with E-state index in [2.05, 4.69) is 18.2 Å². The first-order valence-corrected chi connectivity index (χ1v) is 9.25. The maximum atomic E-state index is 10.7. The molecule has 0 bridgehead atoms. The molecule has 1 aliphatic rings. The minimum atomic E-state index is 0.258. The standard InChI is InChI=1S/C18H30OS/c1-17(19)20-16-12-8-6-4-2-3-5-7-9-13-18-14-10-11-15-18/h10-11,14H,2-9,12-13,15-16H2,1H3. The summed E-state index contributed by atoms with van der Waals surface area (Å²) in [5, 5.41) is 0.258. The van der Waals surface area contributed by atoms with Gasteiger partial charge in [0.05, 0.1) is 0 Å². The third-order valence-electron chi connectivity index (χ3n) is 3.80. The number of carbonyl (C=O) groups is 1. The van der Waals surface area contributed by atoms with E-state index in [-0.39, 0.29) is 5.12 Å². The number of thioether (sulfide) groups is 1. The summed E-state index contributed by atoms with van der Waals surface area (Å²) in [5.74, 6) is 1.01. The Balaban J connectivity index is 1.71. The number of rotatable bonds is 12. The summed E-state index contributed by atoms with van der Waals surface area (Å²) in [6.45, 7) is 1.66. The summed E-state index contributed by atoms with van der Waals surface area (Å²) in [6, 6.07) is 0. The first-order valence-electron chi connectivity index (χ1n) is 8.27. The van der Waals surface area contributed by atoms with E-state index in [0.29, 0.717) is 0 Å². The summed E-state index contributed by atoms with van der Waals surface area (Å²) in [6.07, 6.45) is 21.4. The third-order valence-corrected chi connectivity index (χ3v) is 4.69. The Bertz CT molecular complexity index is 317. The molecule has 0 N–H and O–H groups in total. The van der Waals surface area contributed by atoms with Crippen LogP contribution in [0.4, 0.5) is 0 Å². The van der Waals surface area contributed by atoms with E-state index in [4.69, 9.17) is 0 Å². The molecule has 1 rings (SSSR count). The van der Waals surface area contributed by atoms with Crippen molar-refractivity contribution in [3.63, 3.8) is 0 Å². The third kappa shape index (κ3) is 10.3. The minimum absolute atomic E-state index is 0.258. The maximum absolute atomic E-state index is 10.7. The van der Waals surface area contributed by atoms with Crippen LogP contribution in [0.1, 0.15) is 77.6 Å². The molecule has 1 aliphatic carbocycles. The lowest BCUT2D eigenvalue weighted by atomic mass is 10.0. The highest BCUT2D eigenvalue weighted by atomic mass is 32.2. The van der Waals surface area contributed by atoms with E-state index in [0.717, 1.165) is 5.75 Å². The highest BCUT2D eigenvalue weighted by molar-refractivity contribution is 8.13. The average Bonchev–Trinajstić information content (AvgIpc) is 2.93. The van der Waals surface area contributed by atoms with E-state index in [1.807, 2.05) is 0 Å². The fourth-order valence-corrected chi connectivity index (χ4v) is 3.22. The van der Waals surface area contributed by atoms with Crippen LogP contribution in [0.5, 0.6) is 0 Å². The molecule has 0 saturated carbocycles. The molecular weight excluding hydrogens is 264 g/mol. The molecule has 0 atom stereocenters. The molecule has 0 saturated heterocycles. The van der Waals surface area contributed by atoms with Gasteiger partial charge in [-0.2, -0.15) is 0 Å². The smallest absolute Gasteiger partial charge is 0.185 e. The minimum Gasteiger partial charge on any atom is -0.288 e. The van der Waals surface area contributed by atoms with Gasteiger partial charge in [-0.05, 0) is 25.7 Å². The predicted molar refractivity (Wildman–Crippen MR) is 91.1 cm³/mol. The fourth-order valence-electron chi connectivity index (χ4n) is 2.58. The molecule has 0 aromatic carbocycles. The zero-order valence-electron chi connectivity index (χ0n) is 13.0. The van der Waals surface area contributed by atoms with Crippen molar-refractivity contribution in [1.29, 1.82) is 0 Å². The van der Waals surface area contributed by atoms with Crippen molar-refractivity contribution in [3.8, 4) is 0 Å². The van der Waals surface area contributed by atoms with Crippen molar-refractivity contribution in [2.75, 3.05) is 5.75 Å². The van der Waals surface area contributed by atoms with Gasteiger partial charge in [-0.1, -0.05) is 80.5 Å². The van der Waals surface area contributed by atoms with Gasteiger partial charge in [0.2, 0.25) is 0 Å². The number of hydrogen-bond donors (Lipinski definition) is 0. The average molecular weight is 295 g/mol. The van der Waals surface area contributed by atoms with Gasteiger partial charge in [-0.15, -0.1) is 0 Å². The summed E-state index contributed by atoms with van der Waals surface area (Å²) in [4.78, 5) is 10.7. The second-order valence-electron chi connectivity index (χ2n) is 5.73. The Kier molecular flexibility index (Phi) is 10.8. The Labute approximate surface area is 129 Å². The van der Waals surface area contributed by atoms with Crippen LogP contribution in [-0.4, -0.2) is 10.9 Å². The molecule has 0 aromatic heterocycles. The number of carbonyl (C=O) groups excluding carboxylic acids is 1. The van der Waals surface area contributed by atoms with Crippen LogP contribution in [0.25, 0.3) is 0 Å². The van der Waals surface area contributed by atoms with Gasteiger partial charge in [0.25, 0.3) is 0 Å². The van der Waals surface area contributed by atoms with Gasteiger partial charge < -0.3 is 0 Å². The first kappa shape index (κ1) is 17.6. The van der Waals surface area contributed by atoms with Crippen molar-refractivity contribution in [1.82, 2.24) is 0 Å². The van der Waals surface area contributed by atoms with Crippen molar-refractivity contribution < 1.29 is 4.79 Å². The molecule has 0 unspecified atom stereocenters. The molecule has 0 radical (unpaired) electrons. The lowest BCUT2D eigenvalue weighted by Crippen LogP contribution is -1.87. The molecule has 1 nitrogen and oxygen atoms in total. The van der Waals surface area contributed by atoms with Gasteiger partial charge in [-0.3, -0.25) is 4.79 Å². The fraction of sp³-hybridized carbons (Fsp3) is 0.722. The molecule has 2 heteroatoms. The second kappa shape index (κ2) is 12.3. The Morgan fingerprint density at radius 3 is 2.15 bits per heavy atom. The molecule has 20 heavy (non-hydrogen) atoms. The van der Waals surface area contributed by atoms with Gasteiger partial charge in [0, 0.05) is 12.7 Å². The molecule has 114 valence electrons. The number of allylic oxidation sites excluding steroid dienone is 4. The van der Waals surface area contributed by atoms with Crippen LogP contribution in [0.15, 0.2) is 23.8 Å². The number of unbranched alkanes of at least 4 members (excludes halogenated alkanes) is 8. The van der Waals surface area contributed by atoms with Crippen LogP contribution in [0.3, 0.4) is 0 Å². The molecule has 0 spiro atoms. The highest BCUT2D eigenvalue weighted by Crippen LogP contribution is 2.18. The van der Waals surface area contributed by atoms with E-state index in [1.165, 1.54) is 82.4 Å². The van der Waals surface area contributed by atoms with E-state index >= 15 is 0 Å². The SMILES string of the molecule is CC(=O)SCCCCCCCCCCCC1=CC=CC1. The predicted octanol–water partition coefficient (Wildman–Crippen LogP) is 6.05. The largest absolute Gasteiger partial charge is 0.288 e. The molecular formula is C18H30OS. The second-order valence-corrected chi connectivity index (χ2v) is 7.00. The molecule has 0 amide bonds. The van der Waals surface area contributed by atoms with Crippen LogP contribution >= 0.6 is 11.8 Å². The molecule has 0 aliphatic heterocycles. The molecule has 0 aromatic rings. The van der Waals surface area contributed by atoms with E-state index < -0.39 is 0 Å². The van der Waals surface area contributed by atoms with Gasteiger partial charge in [-0.25, -0.2) is 0 Å². The lowest BCUT2D eigenvalue weighted by Gasteiger charge is -2.03. The van der Waals surface area contributed by atoms with Crippen LogP contribution < -0.4 is 0 Å². The van der Waals surface area contributed by atoms with Gasteiger partial charge in [0.15, 0.2) is 5.12 Å². The van der Waals surface area contributed by atoms with E-state index in [9.17, 15) is 4.79 Å². The molecule has 0 fully saturated rings. The van der Waals surface area contributed by atoms with Crippen LogP contribution in [-0.2, 0) is 4.79 Å². The Morgan fingerprint density at radius 1 is 1.00 bits per heavy atom. The van der Waals surface area contributed by atoms with Crippen molar-refractivity contribution in [2.45, 2.75) is 77.6 Å². The Hall–Kier alpha value is -0.500. The number of hydrogen-bond acceptors (Lipinski definition) is 2. The summed E-state index contributed by atoms with van der Waals surface area (Å²) < 4.78 is 0. The maximum Gasteiger partial charge on any atom is 0.185 e. The van der Waals surface area contributed by atoms with Gasteiger partial charge >= 0.3 is 0 Å². The monoisotopic (exact) mass is 294 g/mol. The van der Waals surface area contributed by atoms with Crippen LogP contribution in [0, 0.1) is 0 Å². The van der Waals surface area contributed by atoms with Crippen molar-refractivity contribution in [3.05, 3.63) is 23.8 Å². The zero-order chi connectivity index (χ0) is 14.5. The first-order chi connectivity index (χ1) is 9.79. The normalized spacial score (nSPS) is 13.8. The van der Waals surface area contributed by atoms with Gasteiger partial charge in [0.1, 0.15) is 0 Å². The zero-order valence-corrected chi connectivity index (χ0v) is 13.9. The van der Waals surface area contributed by atoms with Crippen molar-refractivity contribution in [2.24, 2.45) is 0 Å². The lowest BCUT2D eigenvalue weighted by molar-refractivity contribution is -0.109. The van der Waals surface area contributed by atoms with Crippen LogP contribution in [0.2, 0.25) is 0 Å². The van der Waals surface area contributed by atoms with Crippen molar-refractivity contribution >= 4 is 16.9 Å².